The molecule has 0 amide bonds. The van der Waals surface area contributed by atoms with Crippen LogP contribution in [-0.4, -0.2) is 16.5 Å². The molecule has 0 aliphatic heterocycles. The minimum absolute atomic E-state index is 0.401. The fourth-order valence-corrected chi connectivity index (χ4v) is 2.77. The molecule has 2 heterocycles. The van der Waals surface area contributed by atoms with Crippen molar-refractivity contribution >= 4 is 0 Å². The molecule has 2 aromatic heterocycles. The van der Waals surface area contributed by atoms with Crippen LogP contribution in [0.4, 0.5) is 0 Å². The summed E-state index contributed by atoms with van der Waals surface area (Å²) < 4.78 is 5.39. The second-order valence-corrected chi connectivity index (χ2v) is 5.33. The zero-order valence-electron chi connectivity index (χ0n) is 11.9. The summed E-state index contributed by atoms with van der Waals surface area (Å²) in [6.07, 6.45) is 9.46. The van der Waals surface area contributed by atoms with Crippen LogP contribution in [0.1, 0.15) is 49.9 Å². The van der Waals surface area contributed by atoms with Gasteiger partial charge in [0.15, 0.2) is 11.6 Å². The van der Waals surface area contributed by atoms with Crippen LogP contribution in [0.2, 0.25) is 0 Å². The van der Waals surface area contributed by atoms with E-state index in [-0.39, 0.29) is 0 Å². The van der Waals surface area contributed by atoms with E-state index in [0.29, 0.717) is 11.9 Å². The average Bonchev–Trinajstić information content (AvgIpc) is 2.94. The van der Waals surface area contributed by atoms with E-state index in [2.05, 4.69) is 17.2 Å². The molecule has 2 aromatic rings. The number of hydrogen-bond donors (Lipinski definition) is 1. The minimum atomic E-state index is 0.401. The molecule has 20 heavy (non-hydrogen) atoms. The minimum Gasteiger partial charge on any atom is -0.461 e. The summed E-state index contributed by atoms with van der Waals surface area (Å²) >= 11 is 0. The molecule has 0 radical (unpaired) electrons. The van der Waals surface area contributed by atoms with Gasteiger partial charge in [0.1, 0.15) is 0 Å². The molecule has 1 atom stereocenters. The summed E-state index contributed by atoms with van der Waals surface area (Å²) in [5.74, 6) is 1.44. The normalized spacial score (nSPS) is 18.6. The second-order valence-electron chi connectivity index (χ2n) is 5.33. The Bertz CT molecular complexity index is 551. The Morgan fingerprint density at radius 3 is 3.15 bits per heavy atom. The van der Waals surface area contributed by atoms with Gasteiger partial charge < -0.3 is 9.73 Å². The van der Waals surface area contributed by atoms with E-state index < -0.39 is 0 Å². The Labute approximate surface area is 119 Å². The van der Waals surface area contributed by atoms with Crippen molar-refractivity contribution in [3.63, 3.8) is 0 Å². The van der Waals surface area contributed by atoms with Gasteiger partial charge in [0.2, 0.25) is 0 Å². The van der Waals surface area contributed by atoms with Crippen molar-refractivity contribution in [2.24, 2.45) is 0 Å². The number of rotatable bonds is 4. The molecule has 0 saturated heterocycles. The van der Waals surface area contributed by atoms with E-state index in [9.17, 15) is 0 Å². The van der Waals surface area contributed by atoms with Crippen LogP contribution in [0.25, 0.3) is 11.6 Å². The third kappa shape index (κ3) is 2.75. The lowest BCUT2D eigenvalue weighted by Gasteiger charge is -2.18. The Morgan fingerprint density at radius 1 is 1.40 bits per heavy atom. The molecule has 3 rings (SSSR count). The van der Waals surface area contributed by atoms with Gasteiger partial charge in [-0.25, -0.2) is 9.97 Å². The van der Waals surface area contributed by atoms with E-state index in [1.54, 1.807) is 6.26 Å². The lowest BCUT2D eigenvalue weighted by molar-refractivity contribution is 0.488. The zero-order valence-corrected chi connectivity index (χ0v) is 11.9. The average molecular weight is 271 g/mol. The van der Waals surface area contributed by atoms with Gasteiger partial charge >= 0.3 is 0 Å². The molecule has 1 N–H and O–H groups in total. The highest BCUT2D eigenvalue weighted by Crippen LogP contribution is 2.28. The summed E-state index contributed by atoms with van der Waals surface area (Å²) in [6.45, 7) is 3.24. The third-order valence-corrected chi connectivity index (χ3v) is 3.81. The Morgan fingerprint density at radius 2 is 2.35 bits per heavy atom. The van der Waals surface area contributed by atoms with E-state index in [4.69, 9.17) is 9.40 Å². The molecule has 0 saturated carbocycles. The zero-order chi connectivity index (χ0) is 13.8. The van der Waals surface area contributed by atoms with Crippen LogP contribution < -0.4 is 5.32 Å². The van der Waals surface area contributed by atoms with Crippen LogP contribution in [-0.2, 0) is 6.42 Å². The number of aryl methyl sites for hydroxylation is 1. The summed E-state index contributed by atoms with van der Waals surface area (Å²) in [4.78, 5) is 9.22. The van der Waals surface area contributed by atoms with E-state index in [1.165, 1.54) is 30.5 Å². The molecule has 0 aromatic carbocycles. The molecule has 1 unspecified atom stereocenters. The topological polar surface area (TPSA) is 51.0 Å². The number of furan rings is 1. The summed E-state index contributed by atoms with van der Waals surface area (Å²) in [6, 6.07) is 4.18. The molecule has 1 aliphatic carbocycles. The standard InChI is InChI=1S/C16H21N3O/c1-2-9-17-13-6-3-4-7-14-12(13)11-18-16(19-14)15-8-5-10-20-15/h5,8,10-11,13,17H,2-4,6-7,9H2,1H3. The number of fused-ring (bicyclic) bond motifs is 1. The first-order chi connectivity index (χ1) is 9.88. The van der Waals surface area contributed by atoms with Crippen LogP contribution in [0.5, 0.6) is 0 Å². The summed E-state index contributed by atoms with van der Waals surface area (Å²) in [7, 11) is 0. The van der Waals surface area contributed by atoms with Crippen molar-refractivity contribution in [1.82, 2.24) is 15.3 Å². The van der Waals surface area contributed by atoms with Crippen LogP contribution in [0.3, 0.4) is 0 Å². The molecular formula is C16H21N3O. The fourth-order valence-electron chi connectivity index (χ4n) is 2.77. The highest BCUT2D eigenvalue weighted by atomic mass is 16.3. The molecule has 1 aliphatic rings. The number of nitrogens with one attached hydrogen (secondary N) is 1. The lowest BCUT2D eigenvalue weighted by Crippen LogP contribution is -2.23. The van der Waals surface area contributed by atoms with Crippen LogP contribution in [0.15, 0.2) is 29.0 Å². The molecule has 106 valence electrons. The van der Waals surface area contributed by atoms with E-state index in [0.717, 1.165) is 25.1 Å². The maximum Gasteiger partial charge on any atom is 0.195 e. The lowest BCUT2D eigenvalue weighted by atomic mass is 10.0. The smallest absolute Gasteiger partial charge is 0.195 e. The largest absolute Gasteiger partial charge is 0.461 e. The third-order valence-electron chi connectivity index (χ3n) is 3.81. The first-order valence-corrected chi connectivity index (χ1v) is 7.51. The fraction of sp³-hybridized carbons (Fsp3) is 0.500. The molecule has 0 fully saturated rings. The van der Waals surface area contributed by atoms with Crippen LogP contribution in [0, 0.1) is 0 Å². The number of hydrogen-bond acceptors (Lipinski definition) is 4. The highest BCUT2D eigenvalue weighted by Gasteiger charge is 2.20. The van der Waals surface area contributed by atoms with Crippen molar-refractivity contribution in [3.05, 3.63) is 35.9 Å². The van der Waals surface area contributed by atoms with Crippen molar-refractivity contribution < 1.29 is 4.42 Å². The second kappa shape index (κ2) is 6.18. The SMILES string of the molecule is CCCNC1CCCCc2nc(-c3ccco3)ncc21. The van der Waals surface area contributed by atoms with Gasteiger partial charge in [0, 0.05) is 23.5 Å². The van der Waals surface area contributed by atoms with Gasteiger partial charge in [-0.2, -0.15) is 0 Å². The molecular weight excluding hydrogens is 250 g/mol. The van der Waals surface area contributed by atoms with Gasteiger partial charge in [-0.05, 0) is 44.4 Å². The molecule has 4 heteroatoms. The predicted molar refractivity (Wildman–Crippen MR) is 78.3 cm³/mol. The van der Waals surface area contributed by atoms with E-state index in [1.807, 2.05) is 18.3 Å². The van der Waals surface area contributed by atoms with Gasteiger partial charge in [-0.15, -0.1) is 0 Å². The first-order valence-electron chi connectivity index (χ1n) is 7.51. The van der Waals surface area contributed by atoms with E-state index >= 15 is 0 Å². The summed E-state index contributed by atoms with van der Waals surface area (Å²) in [5.41, 5.74) is 2.45. The monoisotopic (exact) mass is 271 g/mol. The first kappa shape index (κ1) is 13.3. The van der Waals surface area contributed by atoms with Gasteiger partial charge in [-0.3, -0.25) is 0 Å². The highest BCUT2D eigenvalue weighted by molar-refractivity contribution is 5.47. The van der Waals surface area contributed by atoms with Gasteiger partial charge in [-0.1, -0.05) is 13.3 Å². The Kier molecular flexibility index (Phi) is 4.11. The number of nitrogens with zero attached hydrogens (tertiary/aromatic N) is 2. The van der Waals surface area contributed by atoms with Gasteiger partial charge in [0.25, 0.3) is 0 Å². The van der Waals surface area contributed by atoms with Crippen molar-refractivity contribution in [1.29, 1.82) is 0 Å². The summed E-state index contributed by atoms with van der Waals surface area (Å²) in [5, 5.41) is 3.62. The molecule has 4 nitrogen and oxygen atoms in total. The van der Waals surface area contributed by atoms with Crippen molar-refractivity contribution in [2.45, 2.75) is 45.1 Å². The maximum absolute atomic E-state index is 5.39. The number of aromatic nitrogens is 2. The Hall–Kier alpha value is -1.68. The van der Waals surface area contributed by atoms with Crippen LogP contribution >= 0.6 is 0 Å². The molecule has 0 bridgehead atoms. The van der Waals surface area contributed by atoms with Crippen molar-refractivity contribution in [3.8, 4) is 11.6 Å². The van der Waals surface area contributed by atoms with Gasteiger partial charge in [0.05, 0.1) is 6.26 Å². The van der Waals surface area contributed by atoms with Crippen molar-refractivity contribution in [2.75, 3.05) is 6.54 Å². The Balaban J connectivity index is 1.91. The molecule has 0 spiro atoms. The maximum atomic E-state index is 5.39. The quantitative estimate of drug-likeness (QED) is 0.865. The predicted octanol–water partition coefficient (Wildman–Crippen LogP) is 3.50.